The molecule has 4 nitrogen and oxygen atoms in total. The lowest BCUT2D eigenvalue weighted by Crippen LogP contribution is -2.19. The Hall–Kier alpha value is -1.59. The lowest BCUT2D eigenvalue weighted by Gasteiger charge is -2.02. The van der Waals surface area contributed by atoms with Crippen LogP contribution in [0.2, 0.25) is 0 Å². The number of hydrogen-bond donors (Lipinski definition) is 2. The average molecular weight is 298 g/mol. The Labute approximate surface area is 108 Å². The highest BCUT2D eigenvalue weighted by Gasteiger charge is 2.00. The summed E-state index contributed by atoms with van der Waals surface area (Å²) in [6.45, 7) is 3.50. The quantitative estimate of drug-likeness (QED) is 0.481. The monoisotopic (exact) mass is 297 g/mol. The molecule has 0 fully saturated rings. The van der Waals surface area contributed by atoms with Gasteiger partial charge in [-0.25, -0.2) is 4.79 Å². The fourth-order valence-corrected chi connectivity index (χ4v) is 1.43. The molecule has 0 aliphatic heterocycles. The first kappa shape index (κ1) is 13.5. The van der Waals surface area contributed by atoms with Gasteiger partial charge in [0, 0.05) is 4.47 Å². The first-order chi connectivity index (χ1) is 8.09. The number of rotatable bonds is 6. The molecule has 0 aliphatic rings. The SMILES string of the molecule is C=C(NOCC=Cc1cccc(Br)c1)C(=O)O. The summed E-state index contributed by atoms with van der Waals surface area (Å²) in [4.78, 5) is 15.2. The van der Waals surface area contributed by atoms with Crippen molar-refractivity contribution in [1.29, 1.82) is 0 Å². The van der Waals surface area contributed by atoms with E-state index >= 15 is 0 Å². The van der Waals surface area contributed by atoms with Crippen LogP contribution >= 0.6 is 15.9 Å². The molecule has 0 amide bonds. The van der Waals surface area contributed by atoms with Gasteiger partial charge in [-0.1, -0.05) is 46.8 Å². The van der Waals surface area contributed by atoms with Crippen molar-refractivity contribution in [3.8, 4) is 0 Å². The zero-order valence-corrected chi connectivity index (χ0v) is 10.6. The third kappa shape index (κ3) is 5.33. The maximum atomic E-state index is 10.4. The van der Waals surface area contributed by atoms with Gasteiger partial charge in [0.1, 0.15) is 5.70 Å². The molecule has 17 heavy (non-hydrogen) atoms. The fourth-order valence-electron chi connectivity index (χ4n) is 1.02. The van der Waals surface area contributed by atoms with Crippen molar-refractivity contribution < 1.29 is 14.7 Å². The van der Waals surface area contributed by atoms with Gasteiger partial charge in [-0.15, -0.1) is 0 Å². The Morgan fingerprint density at radius 1 is 1.59 bits per heavy atom. The lowest BCUT2D eigenvalue weighted by atomic mass is 10.2. The minimum absolute atomic E-state index is 0.194. The number of carboxylic acid groups (broad SMARTS) is 1. The number of hydrogen-bond acceptors (Lipinski definition) is 3. The molecule has 0 bridgehead atoms. The Bertz CT molecular complexity index is 443. The van der Waals surface area contributed by atoms with Crippen LogP contribution in [0.4, 0.5) is 0 Å². The van der Waals surface area contributed by atoms with Gasteiger partial charge in [0.05, 0.1) is 6.61 Å². The van der Waals surface area contributed by atoms with E-state index in [0.717, 1.165) is 10.0 Å². The van der Waals surface area contributed by atoms with Crippen LogP contribution in [0.1, 0.15) is 5.56 Å². The number of nitrogens with one attached hydrogen (secondary N) is 1. The van der Waals surface area contributed by atoms with E-state index in [2.05, 4.69) is 28.0 Å². The molecule has 0 saturated carbocycles. The summed E-state index contributed by atoms with van der Waals surface area (Å²) >= 11 is 3.37. The smallest absolute Gasteiger partial charge is 0.353 e. The molecule has 5 heteroatoms. The zero-order valence-electron chi connectivity index (χ0n) is 9.02. The van der Waals surface area contributed by atoms with Gasteiger partial charge in [-0.2, -0.15) is 0 Å². The summed E-state index contributed by atoms with van der Waals surface area (Å²) in [7, 11) is 0. The summed E-state index contributed by atoms with van der Waals surface area (Å²) in [5, 5.41) is 8.48. The standard InChI is InChI=1S/C12H12BrNO3/c1-9(12(15)16)14-17-7-3-5-10-4-2-6-11(13)8-10/h2-6,8,14H,1,7H2,(H,15,16). The molecule has 0 saturated heterocycles. The van der Waals surface area contributed by atoms with Crippen molar-refractivity contribution >= 4 is 28.0 Å². The third-order valence-electron chi connectivity index (χ3n) is 1.79. The Balaban J connectivity index is 2.32. The average Bonchev–Trinajstić information content (AvgIpc) is 2.28. The van der Waals surface area contributed by atoms with Crippen molar-refractivity contribution in [2.45, 2.75) is 0 Å². The lowest BCUT2D eigenvalue weighted by molar-refractivity contribution is -0.134. The van der Waals surface area contributed by atoms with Crippen LogP contribution in [-0.2, 0) is 9.63 Å². The largest absolute Gasteiger partial charge is 0.477 e. The first-order valence-corrected chi connectivity index (χ1v) is 5.61. The molecule has 90 valence electrons. The van der Waals surface area contributed by atoms with Crippen molar-refractivity contribution in [2.24, 2.45) is 0 Å². The summed E-state index contributed by atoms with van der Waals surface area (Å²) < 4.78 is 0.998. The third-order valence-corrected chi connectivity index (χ3v) is 2.29. The second-order valence-electron chi connectivity index (χ2n) is 3.15. The summed E-state index contributed by atoms with van der Waals surface area (Å²) in [5.41, 5.74) is 3.06. The Morgan fingerprint density at radius 3 is 3.00 bits per heavy atom. The van der Waals surface area contributed by atoms with Gasteiger partial charge in [0.15, 0.2) is 0 Å². The predicted octanol–water partition coefficient (Wildman–Crippen LogP) is 2.58. The molecule has 1 rings (SSSR count). The Morgan fingerprint density at radius 2 is 2.35 bits per heavy atom. The van der Waals surface area contributed by atoms with Crippen LogP contribution in [0.15, 0.2) is 47.1 Å². The minimum Gasteiger partial charge on any atom is -0.477 e. The molecule has 2 N–H and O–H groups in total. The molecule has 0 atom stereocenters. The van der Waals surface area contributed by atoms with Crippen molar-refractivity contribution in [2.75, 3.05) is 6.61 Å². The highest BCUT2D eigenvalue weighted by Crippen LogP contribution is 2.12. The van der Waals surface area contributed by atoms with Crippen LogP contribution < -0.4 is 5.48 Å². The van der Waals surface area contributed by atoms with Crippen LogP contribution in [0.3, 0.4) is 0 Å². The van der Waals surface area contributed by atoms with E-state index in [-0.39, 0.29) is 12.3 Å². The summed E-state index contributed by atoms with van der Waals surface area (Å²) in [6, 6.07) is 7.77. The van der Waals surface area contributed by atoms with E-state index in [1.807, 2.05) is 30.3 Å². The van der Waals surface area contributed by atoms with Gasteiger partial charge >= 0.3 is 5.97 Å². The zero-order chi connectivity index (χ0) is 12.7. The summed E-state index contributed by atoms with van der Waals surface area (Å²) in [5.74, 6) is -1.14. The molecule has 0 aliphatic carbocycles. The van der Waals surface area contributed by atoms with Gasteiger partial charge in [-0.05, 0) is 17.7 Å². The molecule has 0 spiro atoms. The van der Waals surface area contributed by atoms with Crippen LogP contribution in [0.25, 0.3) is 6.08 Å². The molecular formula is C12H12BrNO3. The molecule has 0 unspecified atom stereocenters. The molecule has 1 aromatic carbocycles. The van der Waals surface area contributed by atoms with E-state index in [1.54, 1.807) is 6.08 Å². The van der Waals surface area contributed by atoms with Gasteiger partial charge in [0.25, 0.3) is 0 Å². The highest BCUT2D eigenvalue weighted by molar-refractivity contribution is 9.10. The highest BCUT2D eigenvalue weighted by atomic mass is 79.9. The summed E-state index contributed by atoms with van der Waals surface area (Å²) in [6.07, 6.45) is 3.64. The molecular weight excluding hydrogens is 286 g/mol. The van der Waals surface area contributed by atoms with E-state index in [9.17, 15) is 4.79 Å². The molecule has 0 heterocycles. The maximum absolute atomic E-state index is 10.4. The minimum atomic E-state index is -1.14. The molecule has 1 aromatic rings. The van der Waals surface area contributed by atoms with Gasteiger partial charge in [-0.3, -0.25) is 10.3 Å². The fraction of sp³-hybridized carbons (Fsp3) is 0.0833. The van der Waals surface area contributed by atoms with Crippen molar-refractivity contribution in [1.82, 2.24) is 5.48 Å². The van der Waals surface area contributed by atoms with E-state index < -0.39 is 5.97 Å². The topological polar surface area (TPSA) is 58.6 Å². The van der Waals surface area contributed by atoms with E-state index in [1.165, 1.54) is 0 Å². The number of halogens is 1. The maximum Gasteiger partial charge on any atom is 0.353 e. The first-order valence-electron chi connectivity index (χ1n) is 4.81. The van der Waals surface area contributed by atoms with E-state index in [4.69, 9.17) is 9.94 Å². The van der Waals surface area contributed by atoms with Crippen LogP contribution in [-0.4, -0.2) is 17.7 Å². The van der Waals surface area contributed by atoms with Crippen LogP contribution in [0, 0.1) is 0 Å². The molecule has 0 aromatic heterocycles. The van der Waals surface area contributed by atoms with Crippen molar-refractivity contribution in [3.05, 3.63) is 52.7 Å². The molecule has 0 radical (unpaired) electrons. The van der Waals surface area contributed by atoms with Gasteiger partial charge in [0.2, 0.25) is 0 Å². The number of benzene rings is 1. The second-order valence-corrected chi connectivity index (χ2v) is 4.07. The van der Waals surface area contributed by atoms with Crippen molar-refractivity contribution in [3.63, 3.8) is 0 Å². The predicted molar refractivity (Wildman–Crippen MR) is 69.0 cm³/mol. The number of carboxylic acids is 1. The van der Waals surface area contributed by atoms with Gasteiger partial charge < -0.3 is 5.11 Å². The van der Waals surface area contributed by atoms with E-state index in [0.29, 0.717) is 0 Å². The normalized spacial score (nSPS) is 10.4. The number of carbonyl (C=O) groups is 1. The Kier molecular flexibility index (Phi) is 5.45. The van der Waals surface area contributed by atoms with Crippen LogP contribution in [0.5, 0.6) is 0 Å². The number of hydroxylamine groups is 1. The number of aliphatic carboxylic acids is 1. The second kappa shape index (κ2) is 6.88.